The molecule has 1 N–H and O–H groups in total. The second-order valence-corrected chi connectivity index (χ2v) is 6.57. The molecule has 0 radical (unpaired) electrons. The molecule has 0 spiro atoms. The average molecular weight is 346 g/mol. The molecule has 0 fully saturated rings. The number of rotatable bonds is 2. The van der Waals surface area contributed by atoms with E-state index < -0.39 is 5.97 Å². The minimum atomic E-state index is -1.06. The second kappa shape index (κ2) is 6.26. The molecule has 0 unspecified atom stereocenters. The highest BCUT2D eigenvalue weighted by Crippen LogP contribution is 2.30. The van der Waals surface area contributed by atoms with Crippen molar-refractivity contribution in [1.82, 2.24) is 9.38 Å². The zero-order valence-electron chi connectivity index (χ0n) is 14.4. The van der Waals surface area contributed by atoms with E-state index in [0.29, 0.717) is 17.6 Å². The smallest absolute Gasteiger partial charge is 0.337 e. The van der Waals surface area contributed by atoms with Crippen LogP contribution in [-0.2, 0) is 6.42 Å². The fraction of sp³-hybridized carbons (Fsp3) is 0.190. The fourth-order valence-electron chi connectivity index (χ4n) is 3.44. The highest BCUT2D eigenvalue weighted by molar-refractivity contribution is 5.88. The number of aryl methyl sites for hydroxylation is 1. The summed E-state index contributed by atoms with van der Waals surface area (Å²) < 4.78 is 1.35. The Bertz CT molecular complexity index is 1130. The SMILES string of the molecule is Cc1ccccc1/C=C1/CCCc2c1nc1ccc(C(=O)O)cn1c2=O. The van der Waals surface area contributed by atoms with Crippen molar-refractivity contribution in [3.05, 3.63) is 80.9 Å². The lowest BCUT2D eigenvalue weighted by atomic mass is 9.90. The Morgan fingerprint density at radius 1 is 1.19 bits per heavy atom. The van der Waals surface area contributed by atoms with Crippen molar-refractivity contribution in [1.29, 1.82) is 0 Å². The summed E-state index contributed by atoms with van der Waals surface area (Å²) in [5, 5.41) is 9.16. The molecule has 0 saturated carbocycles. The fourth-order valence-corrected chi connectivity index (χ4v) is 3.44. The van der Waals surface area contributed by atoms with Gasteiger partial charge in [-0.2, -0.15) is 0 Å². The summed E-state index contributed by atoms with van der Waals surface area (Å²) in [4.78, 5) is 28.8. The number of pyridine rings is 1. The molecule has 130 valence electrons. The molecule has 0 saturated heterocycles. The Balaban J connectivity index is 1.93. The molecule has 1 aromatic carbocycles. The van der Waals surface area contributed by atoms with E-state index in [2.05, 4.69) is 30.1 Å². The second-order valence-electron chi connectivity index (χ2n) is 6.57. The number of hydrogen-bond donors (Lipinski definition) is 1. The maximum Gasteiger partial charge on any atom is 0.337 e. The summed E-state index contributed by atoms with van der Waals surface area (Å²) in [6, 6.07) is 11.2. The number of carbonyl (C=O) groups is 1. The number of fused-ring (bicyclic) bond motifs is 2. The van der Waals surface area contributed by atoms with E-state index in [1.807, 2.05) is 12.1 Å². The summed E-state index contributed by atoms with van der Waals surface area (Å²) in [5.41, 5.74) is 5.13. The maximum atomic E-state index is 12.9. The zero-order valence-corrected chi connectivity index (χ0v) is 14.4. The first-order chi connectivity index (χ1) is 12.5. The summed E-state index contributed by atoms with van der Waals surface area (Å²) in [6.07, 6.45) is 5.88. The van der Waals surface area contributed by atoms with Gasteiger partial charge in [0.2, 0.25) is 0 Å². The summed E-state index contributed by atoms with van der Waals surface area (Å²) in [6.45, 7) is 2.06. The summed E-state index contributed by atoms with van der Waals surface area (Å²) >= 11 is 0. The van der Waals surface area contributed by atoms with Crippen molar-refractivity contribution in [2.45, 2.75) is 26.2 Å². The molecule has 0 atom stereocenters. The van der Waals surface area contributed by atoms with Gasteiger partial charge in [0, 0.05) is 11.8 Å². The van der Waals surface area contributed by atoms with Crippen LogP contribution < -0.4 is 5.56 Å². The van der Waals surface area contributed by atoms with Crippen molar-refractivity contribution < 1.29 is 9.90 Å². The molecule has 5 nitrogen and oxygen atoms in total. The van der Waals surface area contributed by atoms with Crippen molar-refractivity contribution in [3.63, 3.8) is 0 Å². The largest absolute Gasteiger partial charge is 0.478 e. The van der Waals surface area contributed by atoms with Gasteiger partial charge in [0.05, 0.1) is 11.3 Å². The maximum absolute atomic E-state index is 12.9. The van der Waals surface area contributed by atoms with Crippen LogP contribution in [0.1, 0.15) is 45.6 Å². The Labute approximate surface area is 150 Å². The lowest BCUT2D eigenvalue weighted by Gasteiger charge is -2.19. The lowest BCUT2D eigenvalue weighted by molar-refractivity contribution is 0.0696. The number of aromatic nitrogens is 2. The topological polar surface area (TPSA) is 71.7 Å². The van der Waals surface area contributed by atoms with Crippen LogP contribution in [0.2, 0.25) is 0 Å². The third-order valence-corrected chi connectivity index (χ3v) is 4.86. The first kappa shape index (κ1) is 16.3. The quantitative estimate of drug-likeness (QED) is 0.770. The third-order valence-electron chi connectivity index (χ3n) is 4.86. The van der Waals surface area contributed by atoms with E-state index in [0.717, 1.165) is 29.7 Å². The minimum absolute atomic E-state index is 0.0767. The van der Waals surface area contributed by atoms with Crippen LogP contribution in [-0.4, -0.2) is 20.5 Å². The Morgan fingerprint density at radius 3 is 2.77 bits per heavy atom. The third kappa shape index (κ3) is 2.71. The molecule has 26 heavy (non-hydrogen) atoms. The van der Waals surface area contributed by atoms with Gasteiger partial charge in [0.1, 0.15) is 5.65 Å². The van der Waals surface area contributed by atoms with Gasteiger partial charge in [-0.1, -0.05) is 24.3 Å². The van der Waals surface area contributed by atoms with Gasteiger partial charge in [0.25, 0.3) is 5.56 Å². The van der Waals surface area contributed by atoms with Crippen LogP contribution in [0.15, 0.2) is 47.4 Å². The van der Waals surface area contributed by atoms with E-state index in [4.69, 9.17) is 5.11 Å². The van der Waals surface area contributed by atoms with E-state index in [9.17, 15) is 9.59 Å². The molecule has 1 aliphatic rings. The van der Waals surface area contributed by atoms with Gasteiger partial charge in [-0.15, -0.1) is 0 Å². The molecular weight excluding hydrogens is 328 g/mol. The number of hydrogen-bond acceptors (Lipinski definition) is 3. The average Bonchev–Trinajstić information content (AvgIpc) is 2.64. The van der Waals surface area contributed by atoms with Crippen LogP contribution in [0.3, 0.4) is 0 Å². The number of nitrogens with zero attached hydrogens (tertiary/aromatic N) is 2. The normalized spacial score (nSPS) is 15.2. The van der Waals surface area contributed by atoms with Crippen LogP contribution in [0, 0.1) is 6.92 Å². The van der Waals surface area contributed by atoms with E-state index in [1.54, 1.807) is 6.07 Å². The Hall–Kier alpha value is -3.21. The zero-order chi connectivity index (χ0) is 18.3. The monoisotopic (exact) mass is 346 g/mol. The molecular formula is C21H18N2O3. The number of aromatic carboxylic acids is 1. The van der Waals surface area contributed by atoms with Crippen LogP contribution in [0.5, 0.6) is 0 Å². The minimum Gasteiger partial charge on any atom is -0.478 e. The van der Waals surface area contributed by atoms with Gasteiger partial charge in [0.15, 0.2) is 0 Å². The van der Waals surface area contributed by atoms with Crippen LogP contribution >= 0.6 is 0 Å². The van der Waals surface area contributed by atoms with E-state index in [1.165, 1.54) is 22.2 Å². The summed E-state index contributed by atoms with van der Waals surface area (Å²) in [7, 11) is 0. The van der Waals surface area contributed by atoms with E-state index in [-0.39, 0.29) is 11.1 Å². The molecule has 3 aromatic rings. The molecule has 2 aromatic heterocycles. The number of allylic oxidation sites excluding steroid dienone is 1. The number of carboxylic acid groups (broad SMARTS) is 1. The van der Waals surface area contributed by atoms with Crippen molar-refractivity contribution >= 4 is 23.3 Å². The standard InChI is InChI=1S/C21H18N2O3/c1-13-5-2-3-6-14(13)11-15-7-4-8-17-19(15)22-18-10-9-16(21(25)26)12-23(18)20(17)24/h2-3,5-6,9-12H,4,7-8H2,1H3,(H,25,26)/b15-11-. The van der Waals surface area contributed by atoms with Crippen molar-refractivity contribution in [3.8, 4) is 0 Å². The molecule has 0 aliphatic heterocycles. The molecule has 2 heterocycles. The number of benzene rings is 1. The van der Waals surface area contributed by atoms with Gasteiger partial charge < -0.3 is 5.11 Å². The van der Waals surface area contributed by atoms with Crippen molar-refractivity contribution in [2.24, 2.45) is 0 Å². The Kier molecular flexibility index (Phi) is 3.92. The van der Waals surface area contributed by atoms with Crippen molar-refractivity contribution in [2.75, 3.05) is 0 Å². The van der Waals surface area contributed by atoms with Gasteiger partial charge in [-0.3, -0.25) is 9.20 Å². The Morgan fingerprint density at radius 2 is 2.00 bits per heavy atom. The van der Waals surface area contributed by atoms with Crippen LogP contribution in [0.4, 0.5) is 0 Å². The van der Waals surface area contributed by atoms with E-state index >= 15 is 0 Å². The van der Waals surface area contributed by atoms with Crippen LogP contribution in [0.25, 0.3) is 17.3 Å². The van der Waals surface area contributed by atoms with Gasteiger partial charge in [-0.05, 0) is 61.1 Å². The predicted octanol–water partition coefficient (Wildman–Crippen LogP) is 3.58. The first-order valence-corrected chi connectivity index (χ1v) is 8.60. The molecule has 5 heteroatoms. The molecule has 0 bridgehead atoms. The molecule has 4 rings (SSSR count). The highest BCUT2D eigenvalue weighted by atomic mass is 16.4. The predicted molar refractivity (Wildman–Crippen MR) is 100 cm³/mol. The molecule has 1 aliphatic carbocycles. The summed E-state index contributed by atoms with van der Waals surface area (Å²) in [5.74, 6) is -1.06. The van der Waals surface area contributed by atoms with Gasteiger partial charge >= 0.3 is 5.97 Å². The molecule has 0 amide bonds. The van der Waals surface area contributed by atoms with Gasteiger partial charge in [-0.25, -0.2) is 9.78 Å². The lowest BCUT2D eigenvalue weighted by Crippen LogP contribution is -2.25. The highest BCUT2D eigenvalue weighted by Gasteiger charge is 2.21. The first-order valence-electron chi connectivity index (χ1n) is 8.60. The number of carboxylic acids is 1.